The average molecular weight is 238 g/mol. The topological polar surface area (TPSA) is 15.3 Å². The largest absolute Gasteiger partial charge is 0.311 e. The van der Waals surface area contributed by atoms with Crippen molar-refractivity contribution in [2.45, 2.75) is 32.4 Å². The molecule has 0 saturated heterocycles. The summed E-state index contributed by atoms with van der Waals surface area (Å²) in [6.07, 6.45) is 2.88. The summed E-state index contributed by atoms with van der Waals surface area (Å²) in [6.45, 7) is 5.62. The lowest BCUT2D eigenvalue weighted by Gasteiger charge is -2.24. The highest BCUT2D eigenvalue weighted by Gasteiger charge is 2.29. The van der Waals surface area contributed by atoms with Crippen LogP contribution in [0, 0.1) is 5.92 Å². The van der Waals surface area contributed by atoms with Gasteiger partial charge in [-0.15, -0.1) is 11.3 Å². The fourth-order valence-corrected chi connectivity index (χ4v) is 2.70. The monoisotopic (exact) mass is 238 g/mol. The molecule has 1 fully saturated rings. The first-order valence-corrected chi connectivity index (χ1v) is 7.08. The average Bonchev–Trinajstić information content (AvgIpc) is 3.01. The summed E-state index contributed by atoms with van der Waals surface area (Å²) < 4.78 is 0. The van der Waals surface area contributed by atoms with Crippen molar-refractivity contribution in [3.63, 3.8) is 0 Å². The number of likely N-dealkylation sites (N-methyl/N-ethyl adjacent to an activating group) is 1. The lowest BCUT2D eigenvalue weighted by atomic mass is 10.2. The van der Waals surface area contributed by atoms with Crippen LogP contribution in [0.5, 0.6) is 0 Å². The molecule has 2 rings (SSSR count). The highest BCUT2D eigenvalue weighted by Crippen LogP contribution is 2.34. The molecule has 1 aromatic rings. The summed E-state index contributed by atoms with van der Waals surface area (Å²) in [4.78, 5) is 3.91. The Balaban J connectivity index is 1.57. The molecule has 90 valence electrons. The zero-order valence-corrected chi connectivity index (χ0v) is 11.1. The van der Waals surface area contributed by atoms with Gasteiger partial charge in [0, 0.05) is 30.6 Å². The highest BCUT2D eigenvalue weighted by atomic mass is 32.1. The molecule has 0 aliphatic heterocycles. The number of nitrogens with one attached hydrogen (secondary N) is 1. The lowest BCUT2D eigenvalue weighted by molar-refractivity contribution is 0.234. The Labute approximate surface area is 103 Å². The predicted octanol–water partition coefficient (Wildman–Crippen LogP) is 2.57. The van der Waals surface area contributed by atoms with Gasteiger partial charge in [0.25, 0.3) is 0 Å². The Bertz CT molecular complexity index is 293. The van der Waals surface area contributed by atoms with Crippen LogP contribution in [0.15, 0.2) is 17.5 Å². The molecule has 0 amide bonds. The Morgan fingerprint density at radius 2 is 2.38 bits per heavy atom. The number of thiophene rings is 1. The van der Waals surface area contributed by atoms with Crippen LogP contribution in [-0.4, -0.2) is 31.1 Å². The van der Waals surface area contributed by atoms with Gasteiger partial charge in [-0.3, -0.25) is 0 Å². The summed E-state index contributed by atoms with van der Waals surface area (Å²) in [5, 5.41) is 5.64. The first-order valence-electron chi connectivity index (χ1n) is 6.20. The van der Waals surface area contributed by atoms with Gasteiger partial charge in [-0.2, -0.15) is 0 Å². The molecule has 1 atom stereocenters. The van der Waals surface area contributed by atoms with E-state index in [0.29, 0.717) is 0 Å². The molecule has 1 aromatic heterocycles. The van der Waals surface area contributed by atoms with Crippen LogP contribution in [0.25, 0.3) is 0 Å². The molecule has 1 N–H and O–H groups in total. The van der Waals surface area contributed by atoms with Crippen molar-refractivity contribution in [1.82, 2.24) is 10.2 Å². The van der Waals surface area contributed by atoms with Crippen molar-refractivity contribution in [1.29, 1.82) is 0 Å². The molecule has 2 nitrogen and oxygen atoms in total. The number of hydrogen-bond donors (Lipinski definition) is 1. The first-order chi connectivity index (χ1) is 7.77. The van der Waals surface area contributed by atoms with Crippen LogP contribution < -0.4 is 5.32 Å². The summed E-state index contributed by atoms with van der Waals surface area (Å²) in [6, 6.07) is 5.07. The fraction of sp³-hybridized carbons (Fsp3) is 0.692. The van der Waals surface area contributed by atoms with E-state index in [1.54, 1.807) is 0 Å². The molecule has 1 unspecified atom stereocenters. The van der Waals surface area contributed by atoms with Gasteiger partial charge in [-0.1, -0.05) is 6.07 Å². The van der Waals surface area contributed by atoms with Crippen LogP contribution in [0.1, 0.15) is 24.6 Å². The van der Waals surface area contributed by atoms with Crippen molar-refractivity contribution >= 4 is 11.3 Å². The molecule has 0 bridgehead atoms. The molecule has 0 aromatic carbocycles. The third-order valence-corrected chi connectivity index (χ3v) is 4.40. The van der Waals surface area contributed by atoms with E-state index >= 15 is 0 Å². The minimum atomic E-state index is 0.767. The van der Waals surface area contributed by atoms with E-state index in [4.69, 9.17) is 0 Å². The fourth-order valence-electron chi connectivity index (χ4n) is 2.02. The van der Waals surface area contributed by atoms with Crippen LogP contribution in [0.2, 0.25) is 0 Å². The Morgan fingerprint density at radius 1 is 1.56 bits per heavy atom. The van der Waals surface area contributed by atoms with Gasteiger partial charge in [0.1, 0.15) is 0 Å². The van der Waals surface area contributed by atoms with Gasteiger partial charge < -0.3 is 10.2 Å². The Kier molecular flexibility index (Phi) is 4.38. The second-order valence-corrected chi connectivity index (χ2v) is 5.85. The number of rotatable bonds is 7. The van der Waals surface area contributed by atoms with Crippen molar-refractivity contribution in [2.75, 3.05) is 20.1 Å². The first kappa shape index (κ1) is 12.1. The molecule has 0 spiro atoms. The minimum Gasteiger partial charge on any atom is -0.311 e. The summed E-state index contributed by atoms with van der Waals surface area (Å²) in [5.41, 5.74) is 0. The maximum Gasteiger partial charge on any atom is 0.0300 e. The highest BCUT2D eigenvalue weighted by molar-refractivity contribution is 7.09. The SMILES string of the molecule is CC(C1CC1)N(C)CCNCc1cccs1. The van der Waals surface area contributed by atoms with Crippen molar-refractivity contribution in [2.24, 2.45) is 5.92 Å². The van der Waals surface area contributed by atoms with Gasteiger partial charge in [0.05, 0.1) is 0 Å². The smallest absolute Gasteiger partial charge is 0.0300 e. The standard InChI is InChI=1S/C13H22N2S/c1-11(12-5-6-12)15(2)8-7-14-10-13-4-3-9-16-13/h3-4,9,11-12,14H,5-8,10H2,1-2H3. The molecule has 0 radical (unpaired) electrons. The van der Waals surface area contributed by atoms with Crippen molar-refractivity contribution in [3.8, 4) is 0 Å². The lowest BCUT2D eigenvalue weighted by Crippen LogP contribution is -2.36. The molecule has 1 aliphatic rings. The van der Waals surface area contributed by atoms with Crippen LogP contribution in [0.3, 0.4) is 0 Å². The third kappa shape index (κ3) is 3.58. The Hall–Kier alpha value is -0.380. The normalized spacial score (nSPS) is 17.9. The summed E-state index contributed by atoms with van der Waals surface area (Å²) in [7, 11) is 2.25. The van der Waals surface area contributed by atoms with E-state index in [-0.39, 0.29) is 0 Å². The van der Waals surface area contributed by atoms with E-state index in [0.717, 1.165) is 31.6 Å². The quantitative estimate of drug-likeness (QED) is 0.735. The van der Waals surface area contributed by atoms with E-state index in [1.807, 2.05) is 11.3 Å². The number of nitrogens with zero attached hydrogens (tertiary/aromatic N) is 1. The van der Waals surface area contributed by atoms with Gasteiger partial charge in [-0.05, 0) is 44.2 Å². The molecule has 1 saturated carbocycles. The van der Waals surface area contributed by atoms with Crippen molar-refractivity contribution in [3.05, 3.63) is 22.4 Å². The summed E-state index contributed by atoms with van der Waals surface area (Å²) >= 11 is 1.83. The van der Waals surface area contributed by atoms with Gasteiger partial charge in [-0.25, -0.2) is 0 Å². The second kappa shape index (κ2) is 5.80. The van der Waals surface area contributed by atoms with E-state index in [2.05, 4.69) is 41.7 Å². The van der Waals surface area contributed by atoms with Gasteiger partial charge in [0.15, 0.2) is 0 Å². The zero-order chi connectivity index (χ0) is 11.4. The maximum absolute atomic E-state index is 3.50. The maximum atomic E-state index is 3.50. The minimum absolute atomic E-state index is 0.767. The van der Waals surface area contributed by atoms with E-state index in [9.17, 15) is 0 Å². The molecule has 1 aliphatic carbocycles. The van der Waals surface area contributed by atoms with E-state index < -0.39 is 0 Å². The number of hydrogen-bond acceptors (Lipinski definition) is 3. The zero-order valence-electron chi connectivity index (χ0n) is 10.3. The van der Waals surface area contributed by atoms with Crippen LogP contribution >= 0.6 is 11.3 Å². The third-order valence-electron chi connectivity index (χ3n) is 3.52. The van der Waals surface area contributed by atoms with E-state index in [1.165, 1.54) is 17.7 Å². The van der Waals surface area contributed by atoms with Gasteiger partial charge in [0.2, 0.25) is 0 Å². The summed E-state index contributed by atoms with van der Waals surface area (Å²) in [5.74, 6) is 0.974. The van der Waals surface area contributed by atoms with Crippen LogP contribution in [-0.2, 0) is 6.54 Å². The molecular weight excluding hydrogens is 216 g/mol. The molecular formula is C13H22N2S. The predicted molar refractivity (Wildman–Crippen MR) is 70.8 cm³/mol. The molecule has 16 heavy (non-hydrogen) atoms. The molecule has 3 heteroatoms. The Morgan fingerprint density at radius 3 is 3.00 bits per heavy atom. The van der Waals surface area contributed by atoms with Crippen molar-refractivity contribution < 1.29 is 0 Å². The van der Waals surface area contributed by atoms with Gasteiger partial charge >= 0.3 is 0 Å². The second-order valence-electron chi connectivity index (χ2n) is 4.81. The van der Waals surface area contributed by atoms with Crippen LogP contribution in [0.4, 0.5) is 0 Å². The molecule has 1 heterocycles.